The highest BCUT2D eigenvalue weighted by Gasteiger charge is 2.19. The Morgan fingerprint density at radius 1 is 1.50 bits per heavy atom. The van der Waals surface area contributed by atoms with Crippen LogP contribution < -0.4 is 5.32 Å². The van der Waals surface area contributed by atoms with Crippen molar-refractivity contribution in [1.29, 1.82) is 0 Å². The molecule has 0 spiro atoms. The summed E-state index contributed by atoms with van der Waals surface area (Å²) in [6.45, 7) is 7.83. The maximum atomic E-state index is 4.17. The molecule has 1 fully saturated rings. The molecule has 1 N–H and O–H groups in total. The van der Waals surface area contributed by atoms with Crippen LogP contribution in [-0.2, 0) is 6.54 Å². The number of nitrogens with zero attached hydrogens (tertiary/aromatic N) is 2. The SMILES string of the molecule is CC1CCN(Cc2cccnc2)C(C)CN1. The van der Waals surface area contributed by atoms with Crippen LogP contribution in [-0.4, -0.2) is 35.1 Å². The quantitative estimate of drug-likeness (QED) is 0.820. The Morgan fingerprint density at radius 2 is 2.38 bits per heavy atom. The van der Waals surface area contributed by atoms with Crippen molar-refractivity contribution in [1.82, 2.24) is 15.2 Å². The Kier molecular flexibility index (Phi) is 3.91. The Bertz CT molecular complexity index is 312. The van der Waals surface area contributed by atoms with E-state index in [4.69, 9.17) is 0 Å². The largest absolute Gasteiger partial charge is 0.313 e. The summed E-state index contributed by atoms with van der Waals surface area (Å²) in [5.74, 6) is 0. The number of hydrogen-bond acceptors (Lipinski definition) is 3. The van der Waals surface area contributed by atoms with Gasteiger partial charge in [0, 0.05) is 44.1 Å². The monoisotopic (exact) mass is 219 g/mol. The van der Waals surface area contributed by atoms with Gasteiger partial charge in [0.25, 0.3) is 0 Å². The maximum Gasteiger partial charge on any atom is 0.0312 e. The van der Waals surface area contributed by atoms with E-state index in [1.54, 1.807) is 0 Å². The first-order valence-electron chi connectivity index (χ1n) is 6.12. The number of hydrogen-bond donors (Lipinski definition) is 1. The minimum absolute atomic E-state index is 0.602. The molecule has 1 aromatic heterocycles. The van der Waals surface area contributed by atoms with Crippen molar-refractivity contribution < 1.29 is 0 Å². The van der Waals surface area contributed by atoms with Crippen LogP contribution >= 0.6 is 0 Å². The molecule has 3 nitrogen and oxygen atoms in total. The predicted molar refractivity (Wildman–Crippen MR) is 66.2 cm³/mol. The smallest absolute Gasteiger partial charge is 0.0312 e. The van der Waals surface area contributed by atoms with Crippen LogP contribution in [0.4, 0.5) is 0 Å². The van der Waals surface area contributed by atoms with Crippen LogP contribution in [0.2, 0.25) is 0 Å². The first-order chi connectivity index (χ1) is 7.75. The van der Waals surface area contributed by atoms with E-state index in [9.17, 15) is 0 Å². The second-order valence-corrected chi connectivity index (χ2v) is 4.78. The van der Waals surface area contributed by atoms with Crippen molar-refractivity contribution in [3.05, 3.63) is 30.1 Å². The average Bonchev–Trinajstić information content (AvgIpc) is 2.46. The molecule has 16 heavy (non-hydrogen) atoms. The number of rotatable bonds is 2. The van der Waals surface area contributed by atoms with Crippen molar-refractivity contribution in [2.45, 2.75) is 38.9 Å². The summed E-state index contributed by atoms with van der Waals surface area (Å²) in [5, 5.41) is 3.55. The first kappa shape index (κ1) is 11.6. The highest BCUT2D eigenvalue weighted by atomic mass is 15.2. The van der Waals surface area contributed by atoms with Gasteiger partial charge in [-0.05, 0) is 31.9 Å². The van der Waals surface area contributed by atoms with E-state index in [0.717, 1.165) is 13.1 Å². The fourth-order valence-corrected chi connectivity index (χ4v) is 2.14. The molecule has 2 heterocycles. The lowest BCUT2D eigenvalue weighted by Gasteiger charge is -2.26. The van der Waals surface area contributed by atoms with Crippen molar-refractivity contribution >= 4 is 0 Å². The Hall–Kier alpha value is -0.930. The molecule has 3 heteroatoms. The van der Waals surface area contributed by atoms with Gasteiger partial charge in [-0.3, -0.25) is 9.88 Å². The fourth-order valence-electron chi connectivity index (χ4n) is 2.14. The molecule has 88 valence electrons. The zero-order valence-corrected chi connectivity index (χ0v) is 10.2. The average molecular weight is 219 g/mol. The third-order valence-electron chi connectivity index (χ3n) is 3.34. The zero-order chi connectivity index (χ0) is 11.4. The summed E-state index contributed by atoms with van der Waals surface area (Å²) in [4.78, 5) is 6.71. The van der Waals surface area contributed by atoms with Gasteiger partial charge in [-0.15, -0.1) is 0 Å². The molecule has 1 aliphatic rings. The first-order valence-corrected chi connectivity index (χ1v) is 6.12. The molecule has 0 bridgehead atoms. The van der Waals surface area contributed by atoms with E-state index in [0.29, 0.717) is 12.1 Å². The lowest BCUT2D eigenvalue weighted by molar-refractivity contribution is 0.213. The zero-order valence-electron chi connectivity index (χ0n) is 10.2. The topological polar surface area (TPSA) is 28.2 Å². The number of aromatic nitrogens is 1. The Labute approximate surface area is 97.9 Å². The standard InChI is InChI=1S/C13H21N3/c1-11-5-7-16(12(2)8-15-11)10-13-4-3-6-14-9-13/h3-4,6,9,11-12,15H,5,7-8,10H2,1-2H3. The summed E-state index contributed by atoms with van der Waals surface area (Å²) < 4.78 is 0. The molecule has 0 saturated carbocycles. The van der Waals surface area contributed by atoms with Crippen molar-refractivity contribution in [3.8, 4) is 0 Å². The van der Waals surface area contributed by atoms with Crippen LogP contribution in [0.3, 0.4) is 0 Å². The third kappa shape index (κ3) is 3.03. The highest BCUT2D eigenvalue weighted by molar-refractivity contribution is 5.08. The van der Waals surface area contributed by atoms with E-state index < -0.39 is 0 Å². The molecule has 0 amide bonds. The summed E-state index contributed by atoms with van der Waals surface area (Å²) >= 11 is 0. The van der Waals surface area contributed by atoms with Crippen molar-refractivity contribution in [2.24, 2.45) is 0 Å². The van der Waals surface area contributed by atoms with E-state index in [1.807, 2.05) is 18.5 Å². The second kappa shape index (κ2) is 5.41. The Morgan fingerprint density at radius 3 is 3.12 bits per heavy atom. The van der Waals surface area contributed by atoms with Gasteiger partial charge < -0.3 is 5.32 Å². The van der Waals surface area contributed by atoms with Gasteiger partial charge in [-0.2, -0.15) is 0 Å². The second-order valence-electron chi connectivity index (χ2n) is 4.78. The van der Waals surface area contributed by atoms with Gasteiger partial charge in [-0.25, -0.2) is 0 Å². The summed E-state index contributed by atoms with van der Waals surface area (Å²) in [7, 11) is 0. The van der Waals surface area contributed by atoms with E-state index in [2.05, 4.69) is 35.1 Å². The summed E-state index contributed by atoms with van der Waals surface area (Å²) in [6, 6.07) is 5.41. The normalized spacial score (nSPS) is 27.6. The molecule has 1 aromatic rings. The van der Waals surface area contributed by atoms with Crippen molar-refractivity contribution in [2.75, 3.05) is 13.1 Å². The molecule has 0 aromatic carbocycles. The molecule has 1 aliphatic heterocycles. The highest BCUT2D eigenvalue weighted by Crippen LogP contribution is 2.11. The maximum absolute atomic E-state index is 4.17. The van der Waals surface area contributed by atoms with Gasteiger partial charge in [0.1, 0.15) is 0 Å². The summed E-state index contributed by atoms with van der Waals surface area (Å²) in [6.07, 6.45) is 5.03. The molecule has 1 saturated heterocycles. The van der Waals surface area contributed by atoms with Crippen LogP contribution in [0.5, 0.6) is 0 Å². The van der Waals surface area contributed by atoms with Crippen LogP contribution in [0.15, 0.2) is 24.5 Å². The fraction of sp³-hybridized carbons (Fsp3) is 0.615. The molecular formula is C13H21N3. The van der Waals surface area contributed by atoms with E-state index >= 15 is 0 Å². The Balaban J connectivity index is 1.98. The third-order valence-corrected chi connectivity index (χ3v) is 3.34. The van der Waals surface area contributed by atoms with Crippen LogP contribution in [0.1, 0.15) is 25.8 Å². The van der Waals surface area contributed by atoms with E-state index in [-0.39, 0.29) is 0 Å². The minimum Gasteiger partial charge on any atom is -0.313 e. The van der Waals surface area contributed by atoms with Gasteiger partial charge >= 0.3 is 0 Å². The van der Waals surface area contributed by atoms with Crippen molar-refractivity contribution in [3.63, 3.8) is 0 Å². The number of pyridine rings is 1. The van der Waals surface area contributed by atoms with Gasteiger partial charge in [0.15, 0.2) is 0 Å². The van der Waals surface area contributed by atoms with Gasteiger partial charge in [0.05, 0.1) is 0 Å². The minimum atomic E-state index is 0.602. The predicted octanol–water partition coefficient (Wildman–Crippen LogP) is 1.65. The van der Waals surface area contributed by atoms with E-state index in [1.165, 1.54) is 18.5 Å². The molecule has 0 aliphatic carbocycles. The molecule has 2 atom stereocenters. The molecule has 0 radical (unpaired) electrons. The van der Waals surface area contributed by atoms with Gasteiger partial charge in [-0.1, -0.05) is 6.07 Å². The van der Waals surface area contributed by atoms with Crippen LogP contribution in [0.25, 0.3) is 0 Å². The van der Waals surface area contributed by atoms with Gasteiger partial charge in [0.2, 0.25) is 0 Å². The lowest BCUT2D eigenvalue weighted by Crippen LogP contribution is -2.37. The molecule has 2 rings (SSSR count). The van der Waals surface area contributed by atoms with Crippen LogP contribution in [0, 0.1) is 0 Å². The lowest BCUT2D eigenvalue weighted by atomic mass is 10.2. The molecular weight excluding hydrogens is 198 g/mol. The summed E-state index contributed by atoms with van der Waals surface area (Å²) in [5.41, 5.74) is 1.31. The molecule has 2 unspecified atom stereocenters. The number of nitrogens with one attached hydrogen (secondary N) is 1.